The minimum absolute atomic E-state index is 0.201. The number of carboxylic acid groups (broad SMARTS) is 1. The summed E-state index contributed by atoms with van der Waals surface area (Å²) in [5.74, 6) is -0.371. The number of amides is 2. The monoisotopic (exact) mass is 509 g/mol. The van der Waals surface area contributed by atoms with Gasteiger partial charge in [0.15, 0.2) is 9.43 Å². The maximum atomic E-state index is 12.8. The number of carboxylic acids is 1. The molecule has 2 aromatic heterocycles. The molecule has 0 spiro atoms. The van der Waals surface area contributed by atoms with Crippen LogP contribution < -0.4 is 10.2 Å². The van der Waals surface area contributed by atoms with E-state index in [4.69, 9.17) is 9.52 Å². The molecule has 2 aliphatic rings. The van der Waals surface area contributed by atoms with Crippen molar-refractivity contribution in [2.45, 2.75) is 20.8 Å². The number of rotatable bonds is 5. The van der Waals surface area contributed by atoms with Gasteiger partial charge in [-0.15, -0.1) is 23.1 Å². The number of anilines is 1. The number of fused-ring (bicyclic) bond motifs is 2. The van der Waals surface area contributed by atoms with Crippen LogP contribution in [0.3, 0.4) is 0 Å². The minimum atomic E-state index is -0.869. The average Bonchev–Trinajstić information content (AvgIpc) is 3.60. The Kier molecular flexibility index (Phi) is 5.21. The molecule has 2 aromatic carbocycles. The Bertz CT molecular complexity index is 1440. The SMILES string of the molecule is O=C(O)[C@H]1CS[C@@H](c2ccc(Sc3nc4ccc(N5C(=O)c6ccccc6C5=O)cc4s3)o2)N1. The number of nitrogens with one attached hydrogen (secondary N) is 1. The van der Waals surface area contributed by atoms with Crippen molar-refractivity contribution in [3.8, 4) is 0 Å². The van der Waals surface area contributed by atoms with Crippen LogP contribution in [0.15, 0.2) is 68.4 Å². The third-order valence-corrected chi connectivity index (χ3v) is 8.76. The van der Waals surface area contributed by atoms with Gasteiger partial charge in [-0.05, 0) is 54.2 Å². The van der Waals surface area contributed by atoms with Crippen molar-refractivity contribution in [1.29, 1.82) is 0 Å². The predicted molar refractivity (Wildman–Crippen MR) is 130 cm³/mol. The molecule has 2 N–H and O–H groups in total. The number of hydrogen-bond donors (Lipinski definition) is 2. The van der Waals surface area contributed by atoms with Gasteiger partial charge < -0.3 is 9.52 Å². The van der Waals surface area contributed by atoms with Crippen LogP contribution in [0, 0.1) is 0 Å². The lowest BCUT2D eigenvalue weighted by Crippen LogP contribution is -2.33. The zero-order valence-corrected chi connectivity index (χ0v) is 19.7. The highest BCUT2D eigenvalue weighted by Gasteiger charge is 2.36. The fraction of sp³-hybridized carbons (Fsp3) is 0.130. The van der Waals surface area contributed by atoms with E-state index in [-0.39, 0.29) is 17.2 Å². The van der Waals surface area contributed by atoms with Gasteiger partial charge in [-0.25, -0.2) is 9.88 Å². The maximum Gasteiger partial charge on any atom is 0.321 e. The molecule has 1 fully saturated rings. The molecule has 0 saturated carbocycles. The Morgan fingerprint density at radius 3 is 2.59 bits per heavy atom. The quantitative estimate of drug-likeness (QED) is 0.372. The summed E-state index contributed by atoms with van der Waals surface area (Å²) < 4.78 is 7.52. The zero-order valence-electron chi connectivity index (χ0n) is 17.3. The third-order valence-electron chi connectivity index (χ3n) is 5.53. The van der Waals surface area contributed by atoms with Crippen molar-refractivity contribution < 1.29 is 23.9 Å². The molecule has 170 valence electrons. The second kappa shape index (κ2) is 8.27. The summed E-state index contributed by atoms with van der Waals surface area (Å²) in [5.41, 5.74) is 2.09. The minimum Gasteiger partial charge on any atom is -0.480 e. The highest BCUT2D eigenvalue weighted by atomic mass is 32.2. The molecule has 2 atom stereocenters. The Labute approximate surface area is 205 Å². The van der Waals surface area contributed by atoms with Crippen molar-refractivity contribution in [3.63, 3.8) is 0 Å². The maximum absolute atomic E-state index is 12.8. The first kappa shape index (κ1) is 21.4. The molecular weight excluding hydrogens is 494 g/mol. The van der Waals surface area contributed by atoms with Crippen LogP contribution in [-0.2, 0) is 4.79 Å². The van der Waals surface area contributed by atoms with Crippen LogP contribution >= 0.6 is 34.9 Å². The van der Waals surface area contributed by atoms with Crippen molar-refractivity contribution in [3.05, 3.63) is 71.5 Å². The lowest BCUT2D eigenvalue weighted by Gasteiger charge is -2.13. The summed E-state index contributed by atoms with van der Waals surface area (Å²) in [4.78, 5) is 42.6. The first-order valence-corrected chi connectivity index (χ1v) is 12.9. The van der Waals surface area contributed by atoms with Crippen molar-refractivity contribution in [2.75, 3.05) is 10.7 Å². The third kappa shape index (κ3) is 3.61. The summed E-state index contributed by atoms with van der Waals surface area (Å²) in [5, 5.41) is 12.6. The number of thioether (sulfide) groups is 1. The van der Waals surface area contributed by atoms with Gasteiger partial charge in [0.2, 0.25) is 0 Å². The number of benzene rings is 2. The van der Waals surface area contributed by atoms with Crippen LogP contribution in [-0.4, -0.2) is 39.7 Å². The van der Waals surface area contributed by atoms with Crippen LogP contribution in [0.2, 0.25) is 0 Å². The van der Waals surface area contributed by atoms with Crippen molar-refractivity contribution >= 4 is 68.5 Å². The Morgan fingerprint density at radius 2 is 1.88 bits per heavy atom. The van der Waals surface area contributed by atoms with E-state index in [2.05, 4.69) is 10.3 Å². The molecule has 0 unspecified atom stereocenters. The smallest absolute Gasteiger partial charge is 0.321 e. The van der Waals surface area contributed by atoms with Gasteiger partial charge in [-0.2, -0.15) is 0 Å². The van der Waals surface area contributed by atoms with Crippen molar-refractivity contribution in [2.24, 2.45) is 0 Å². The van der Waals surface area contributed by atoms with Crippen LogP contribution in [0.1, 0.15) is 31.9 Å². The molecule has 34 heavy (non-hydrogen) atoms. The van der Waals surface area contributed by atoms with E-state index in [1.165, 1.54) is 39.8 Å². The summed E-state index contributed by atoms with van der Waals surface area (Å²) in [6.07, 6.45) is 0. The number of imide groups is 1. The number of furan rings is 1. The molecule has 0 aliphatic carbocycles. The second-order valence-electron chi connectivity index (χ2n) is 7.65. The molecule has 11 heteroatoms. The number of nitrogens with zero attached hydrogens (tertiary/aromatic N) is 2. The first-order valence-electron chi connectivity index (χ1n) is 10.2. The fourth-order valence-electron chi connectivity index (χ4n) is 3.89. The molecule has 6 rings (SSSR count). The standard InChI is InChI=1S/C23H15N3O5S3/c27-20-12-3-1-2-4-13(12)21(28)26(20)11-5-6-14-17(9-11)33-23(25-14)34-18-8-7-16(31-18)19-24-15(10-32-19)22(29)30/h1-9,15,19,24H,10H2,(H,29,30)/t15-,19+/m1/s1. The van der Waals surface area contributed by atoms with E-state index in [9.17, 15) is 14.4 Å². The van der Waals surface area contributed by atoms with E-state index >= 15 is 0 Å². The Balaban J connectivity index is 1.22. The predicted octanol–water partition coefficient (Wildman–Crippen LogP) is 4.63. The van der Waals surface area contributed by atoms with Gasteiger partial charge in [-0.1, -0.05) is 12.1 Å². The Hall–Kier alpha value is -3.12. The molecule has 8 nitrogen and oxygen atoms in total. The normalized spacial score (nSPS) is 19.8. The van der Waals surface area contributed by atoms with Gasteiger partial charge in [0.25, 0.3) is 11.8 Å². The summed E-state index contributed by atoms with van der Waals surface area (Å²) >= 11 is 4.31. The Morgan fingerprint density at radius 1 is 1.12 bits per heavy atom. The van der Waals surface area contributed by atoms with Gasteiger partial charge in [-0.3, -0.25) is 19.7 Å². The average molecular weight is 510 g/mol. The highest BCUT2D eigenvalue weighted by Crippen LogP contribution is 2.40. The number of carbonyl (C=O) groups excluding carboxylic acids is 2. The molecule has 4 aromatic rings. The van der Waals surface area contributed by atoms with E-state index in [0.717, 1.165) is 14.6 Å². The highest BCUT2D eigenvalue weighted by molar-refractivity contribution is 8.01. The molecule has 0 bridgehead atoms. The van der Waals surface area contributed by atoms with Gasteiger partial charge >= 0.3 is 5.97 Å². The molecule has 0 radical (unpaired) electrons. The van der Waals surface area contributed by atoms with Gasteiger partial charge in [0.05, 0.1) is 27.0 Å². The molecule has 2 aliphatic heterocycles. The largest absolute Gasteiger partial charge is 0.480 e. The lowest BCUT2D eigenvalue weighted by atomic mass is 10.1. The van der Waals surface area contributed by atoms with E-state index < -0.39 is 12.0 Å². The van der Waals surface area contributed by atoms with Crippen LogP contribution in [0.25, 0.3) is 10.2 Å². The lowest BCUT2D eigenvalue weighted by molar-refractivity contribution is -0.138. The number of hydrogen-bond acceptors (Lipinski definition) is 9. The summed E-state index contributed by atoms with van der Waals surface area (Å²) in [6.45, 7) is 0. The first-order chi connectivity index (χ1) is 16.5. The fourth-order valence-corrected chi connectivity index (χ4v) is 7.07. The van der Waals surface area contributed by atoms with Crippen LogP contribution in [0.4, 0.5) is 5.69 Å². The van der Waals surface area contributed by atoms with Crippen molar-refractivity contribution in [1.82, 2.24) is 10.3 Å². The zero-order chi connectivity index (χ0) is 23.4. The van der Waals surface area contributed by atoms with E-state index in [1.54, 1.807) is 42.5 Å². The topological polar surface area (TPSA) is 113 Å². The molecule has 2 amide bonds. The number of aliphatic carboxylic acids is 1. The van der Waals surface area contributed by atoms with Gasteiger partial charge in [0.1, 0.15) is 17.2 Å². The summed E-state index contributed by atoms with van der Waals surface area (Å²) in [7, 11) is 0. The van der Waals surface area contributed by atoms with E-state index in [1.807, 2.05) is 12.1 Å². The van der Waals surface area contributed by atoms with Gasteiger partial charge in [0, 0.05) is 5.75 Å². The summed E-state index contributed by atoms with van der Waals surface area (Å²) in [6, 6.07) is 15.2. The number of carbonyl (C=O) groups is 3. The molecular formula is C23H15N3O5S3. The van der Waals surface area contributed by atoms with E-state index in [0.29, 0.717) is 33.4 Å². The number of aromatic nitrogens is 1. The second-order valence-corrected chi connectivity index (χ2v) is 11.1. The molecule has 4 heterocycles. The number of thiazole rings is 1. The molecule has 1 saturated heterocycles. The van der Waals surface area contributed by atoms with Crippen LogP contribution in [0.5, 0.6) is 0 Å².